The summed E-state index contributed by atoms with van der Waals surface area (Å²) in [6.07, 6.45) is 5.75. The molecule has 2 aromatic carbocycles. The molecule has 29 heavy (non-hydrogen) atoms. The van der Waals surface area contributed by atoms with Gasteiger partial charge in [0.25, 0.3) is 0 Å². The van der Waals surface area contributed by atoms with E-state index in [1.807, 2.05) is 37.3 Å². The van der Waals surface area contributed by atoms with Crippen molar-refractivity contribution in [1.82, 2.24) is 0 Å². The minimum absolute atomic E-state index is 0.0824. The van der Waals surface area contributed by atoms with Gasteiger partial charge in [0, 0.05) is 5.92 Å². The third kappa shape index (κ3) is 5.57. The van der Waals surface area contributed by atoms with Crippen LogP contribution in [-0.2, 0) is 11.3 Å². The van der Waals surface area contributed by atoms with E-state index in [4.69, 9.17) is 14.2 Å². The number of hydrogen-bond acceptors (Lipinski definition) is 3. The second-order valence-electron chi connectivity index (χ2n) is 7.30. The Balaban J connectivity index is 1.56. The molecule has 1 aliphatic heterocycles. The van der Waals surface area contributed by atoms with E-state index in [0.29, 0.717) is 19.1 Å². The van der Waals surface area contributed by atoms with Gasteiger partial charge in [-0.3, -0.25) is 0 Å². The Morgan fingerprint density at radius 1 is 1.03 bits per heavy atom. The van der Waals surface area contributed by atoms with E-state index in [2.05, 4.69) is 6.58 Å². The third-order valence-corrected chi connectivity index (χ3v) is 5.19. The van der Waals surface area contributed by atoms with Gasteiger partial charge in [-0.2, -0.15) is 8.78 Å². The second-order valence-corrected chi connectivity index (χ2v) is 7.30. The first-order valence-corrected chi connectivity index (χ1v) is 10.2. The van der Waals surface area contributed by atoms with E-state index >= 15 is 0 Å². The number of ether oxygens (including phenoxy) is 3. The first-order chi connectivity index (χ1) is 14.1. The molecule has 156 valence electrons. The van der Waals surface area contributed by atoms with Crippen molar-refractivity contribution in [3.8, 4) is 11.5 Å². The SMILES string of the molecule is C=CC1CCC(c2ccc(COc3ccc(OCCCC)c(F)c3F)cc2)CO1. The molecule has 1 aliphatic rings. The van der Waals surface area contributed by atoms with Crippen molar-refractivity contribution in [2.45, 2.75) is 51.2 Å². The Kier molecular flexibility index (Phi) is 7.64. The van der Waals surface area contributed by atoms with Gasteiger partial charge in [0.15, 0.2) is 11.5 Å². The predicted molar refractivity (Wildman–Crippen MR) is 109 cm³/mol. The minimum Gasteiger partial charge on any atom is -0.490 e. The molecule has 0 radical (unpaired) electrons. The van der Waals surface area contributed by atoms with Crippen LogP contribution >= 0.6 is 0 Å². The summed E-state index contributed by atoms with van der Waals surface area (Å²) in [6, 6.07) is 10.8. The average molecular weight is 402 g/mol. The van der Waals surface area contributed by atoms with Crippen molar-refractivity contribution in [1.29, 1.82) is 0 Å². The molecule has 0 spiro atoms. The number of unbranched alkanes of at least 4 members (excludes halogenated alkanes) is 1. The summed E-state index contributed by atoms with van der Waals surface area (Å²) < 4.78 is 44.9. The molecule has 0 amide bonds. The van der Waals surface area contributed by atoms with Crippen molar-refractivity contribution in [3.05, 3.63) is 71.8 Å². The van der Waals surface area contributed by atoms with Gasteiger partial charge in [-0.1, -0.05) is 43.7 Å². The Labute approximate surface area is 171 Å². The van der Waals surface area contributed by atoms with E-state index in [-0.39, 0.29) is 24.2 Å². The Morgan fingerprint density at radius 3 is 2.31 bits per heavy atom. The summed E-state index contributed by atoms with van der Waals surface area (Å²) in [5.74, 6) is -1.87. The molecule has 0 N–H and O–H groups in total. The van der Waals surface area contributed by atoms with Crippen LogP contribution < -0.4 is 9.47 Å². The molecule has 2 atom stereocenters. The number of benzene rings is 2. The molecule has 0 bridgehead atoms. The van der Waals surface area contributed by atoms with Crippen LogP contribution in [0.25, 0.3) is 0 Å². The van der Waals surface area contributed by atoms with Crippen LogP contribution in [0.15, 0.2) is 49.1 Å². The molecular formula is C24H28F2O3. The molecule has 3 rings (SSSR count). The highest BCUT2D eigenvalue weighted by atomic mass is 19.2. The Bertz CT molecular complexity index is 797. The van der Waals surface area contributed by atoms with Crippen molar-refractivity contribution < 1.29 is 23.0 Å². The average Bonchev–Trinajstić information content (AvgIpc) is 2.77. The summed E-state index contributed by atoms with van der Waals surface area (Å²) in [5.41, 5.74) is 2.10. The first kappa shape index (κ1) is 21.3. The second kappa shape index (κ2) is 10.4. The fourth-order valence-corrected chi connectivity index (χ4v) is 3.33. The van der Waals surface area contributed by atoms with Crippen molar-refractivity contribution in [2.24, 2.45) is 0 Å². The lowest BCUT2D eigenvalue weighted by Crippen LogP contribution is -2.22. The van der Waals surface area contributed by atoms with Crippen LogP contribution in [0.4, 0.5) is 8.78 Å². The highest BCUT2D eigenvalue weighted by Crippen LogP contribution is 2.30. The third-order valence-electron chi connectivity index (χ3n) is 5.19. The first-order valence-electron chi connectivity index (χ1n) is 10.2. The lowest BCUT2D eigenvalue weighted by molar-refractivity contribution is 0.0329. The largest absolute Gasteiger partial charge is 0.490 e. The van der Waals surface area contributed by atoms with E-state index in [0.717, 1.165) is 31.2 Å². The zero-order valence-electron chi connectivity index (χ0n) is 16.8. The van der Waals surface area contributed by atoms with Crippen LogP contribution in [0.1, 0.15) is 49.7 Å². The molecule has 1 heterocycles. The van der Waals surface area contributed by atoms with Crippen LogP contribution in [0.2, 0.25) is 0 Å². The molecule has 0 aliphatic carbocycles. The molecule has 3 nitrogen and oxygen atoms in total. The Hall–Kier alpha value is -2.40. The van der Waals surface area contributed by atoms with Crippen LogP contribution in [0.5, 0.6) is 11.5 Å². The maximum Gasteiger partial charge on any atom is 0.204 e. The zero-order valence-corrected chi connectivity index (χ0v) is 16.8. The van der Waals surface area contributed by atoms with E-state index in [1.165, 1.54) is 17.7 Å². The van der Waals surface area contributed by atoms with Gasteiger partial charge in [0.05, 0.1) is 19.3 Å². The van der Waals surface area contributed by atoms with Crippen LogP contribution in [0, 0.1) is 11.6 Å². The van der Waals surface area contributed by atoms with Crippen molar-refractivity contribution in [3.63, 3.8) is 0 Å². The number of halogens is 2. The fourth-order valence-electron chi connectivity index (χ4n) is 3.33. The van der Waals surface area contributed by atoms with E-state index in [1.54, 1.807) is 0 Å². The zero-order chi connectivity index (χ0) is 20.6. The molecule has 2 aromatic rings. The molecule has 1 saturated heterocycles. The minimum atomic E-state index is -1.02. The molecule has 1 fully saturated rings. The fraction of sp³-hybridized carbons (Fsp3) is 0.417. The Morgan fingerprint density at radius 2 is 1.72 bits per heavy atom. The van der Waals surface area contributed by atoms with Crippen molar-refractivity contribution >= 4 is 0 Å². The van der Waals surface area contributed by atoms with Gasteiger partial charge in [-0.15, -0.1) is 6.58 Å². The standard InChI is InChI=1S/C24H28F2O3/c1-3-5-14-27-21-12-13-22(24(26)23(21)25)29-15-17-6-8-18(9-7-17)19-10-11-20(4-2)28-16-19/h4,6-9,12-13,19-20H,2-3,5,10-11,14-16H2,1H3. The van der Waals surface area contributed by atoms with Gasteiger partial charge in [0.1, 0.15) is 6.61 Å². The van der Waals surface area contributed by atoms with Gasteiger partial charge in [-0.05, 0) is 42.5 Å². The summed E-state index contributed by atoms with van der Waals surface area (Å²) in [5, 5.41) is 0. The highest BCUT2D eigenvalue weighted by Gasteiger charge is 2.21. The monoisotopic (exact) mass is 402 g/mol. The predicted octanol–water partition coefficient (Wildman–Crippen LogP) is 6.17. The lowest BCUT2D eigenvalue weighted by atomic mass is 9.91. The summed E-state index contributed by atoms with van der Waals surface area (Å²) >= 11 is 0. The summed E-state index contributed by atoms with van der Waals surface area (Å²) in [6.45, 7) is 6.99. The number of hydrogen-bond donors (Lipinski definition) is 0. The van der Waals surface area contributed by atoms with E-state index < -0.39 is 11.6 Å². The molecule has 0 aromatic heterocycles. The quantitative estimate of drug-likeness (QED) is 0.371. The maximum atomic E-state index is 14.2. The highest BCUT2D eigenvalue weighted by molar-refractivity contribution is 5.35. The smallest absolute Gasteiger partial charge is 0.204 e. The normalized spacial score (nSPS) is 19.0. The van der Waals surface area contributed by atoms with Crippen molar-refractivity contribution in [2.75, 3.05) is 13.2 Å². The topological polar surface area (TPSA) is 27.7 Å². The maximum absolute atomic E-state index is 14.2. The lowest BCUT2D eigenvalue weighted by Gasteiger charge is -2.27. The van der Waals surface area contributed by atoms with Crippen LogP contribution in [-0.4, -0.2) is 19.3 Å². The van der Waals surface area contributed by atoms with Gasteiger partial charge in [-0.25, -0.2) is 0 Å². The molecular weight excluding hydrogens is 374 g/mol. The molecule has 0 saturated carbocycles. The van der Waals surface area contributed by atoms with Crippen LogP contribution in [0.3, 0.4) is 0 Å². The number of rotatable bonds is 9. The molecule has 2 unspecified atom stereocenters. The van der Waals surface area contributed by atoms with Gasteiger partial charge < -0.3 is 14.2 Å². The van der Waals surface area contributed by atoms with E-state index in [9.17, 15) is 8.78 Å². The summed E-state index contributed by atoms with van der Waals surface area (Å²) in [4.78, 5) is 0. The summed E-state index contributed by atoms with van der Waals surface area (Å²) in [7, 11) is 0. The van der Waals surface area contributed by atoms with Gasteiger partial charge in [0.2, 0.25) is 11.6 Å². The molecule has 5 heteroatoms. The van der Waals surface area contributed by atoms with Gasteiger partial charge >= 0.3 is 0 Å².